The summed E-state index contributed by atoms with van der Waals surface area (Å²) in [5.74, 6) is -0.229. The number of H-pyrrole nitrogens is 2. The van der Waals surface area contributed by atoms with Crippen LogP contribution in [0.25, 0.3) is 78.9 Å². The summed E-state index contributed by atoms with van der Waals surface area (Å²) >= 11 is 0. The molecule has 0 aliphatic carbocycles. The molecular weight excluding hydrogens is 653 g/mol. The molecule has 252 valence electrons. The Bertz CT molecular complexity index is 2760. The van der Waals surface area contributed by atoms with Crippen LogP contribution < -0.4 is 0 Å². The molecular formula is C47H32N4O2. The largest absolute Gasteiger partial charge is 0.420 e. The van der Waals surface area contributed by atoms with E-state index in [-0.39, 0.29) is 0 Å². The summed E-state index contributed by atoms with van der Waals surface area (Å²) in [4.78, 5) is 30.9. The molecule has 0 unspecified atom stereocenters. The van der Waals surface area contributed by atoms with E-state index in [1.54, 1.807) is 0 Å². The van der Waals surface area contributed by atoms with Crippen molar-refractivity contribution in [3.63, 3.8) is 0 Å². The minimum Gasteiger partial charge on any atom is -0.420 e. The van der Waals surface area contributed by atoms with Crippen LogP contribution in [0.1, 0.15) is 28.3 Å². The smallest absolute Gasteiger partial charge is 0.335 e. The van der Waals surface area contributed by atoms with Gasteiger partial charge in [0.25, 0.3) is 0 Å². The maximum Gasteiger partial charge on any atom is 0.335 e. The Hall–Kier alpha value is -7.31. The molecule has 0 fully saturated rings. The standard InChI is InChI=1S/C47H32N4O2/c1-2-40(52)53-47-39-29-37-26-24-35(49-37)27-34-23-25-36(48-34)28-38-41(30-15-7-3-8-16-30)42(31-17-9-4-10-18-31)45(50-38)43(32-19-11-5-12-20-32)46(51-39)44(47)33-21-13-6-14-22-33/h2-29,49-50H,1H2. The minimum atomic E-state index is -0.575. The van der Waals surface area contributed by atoms with Crippen molar-refractivity contribution in [1.29, 1.82) is 0 Å². The van der Waals surface area contributed by atoms with E-state index < -0.39 is 5.97 Å². The van der Waals surface area contributed by atoms with Crippen molar-refractivity contribution in [2.75, 3.05) is 0 Å². The molecule has 5 heterocycles. The molecule has 53 heavy (non-hydrogen) atoms. The number of benzene rings is 4. The van der Waals surface area contributed by atoms with Crippen molar-refractivity contribution in [1.82, 2.24) is 19.9 Å². The quantitative estimate of drug-likeness (QED) is 0.135. The minimum absolute atomic E-state index is 0.346. The van der Waals surface area contributed by atoms with Crippen molar-refractivity contribution >= 4 is 51.5 Å². The normalized spacial score (nSPS) is 12.2. The first kappa shape index (κ1) is 31.7. The predicted molar refractivity (Wildman–Crippen MR) is 215 cm³/mol. The van der Waals surface area contributed by atoms with E-state index in [4.69, 9.17) is 14.7 Å². The number of carbonyl (C=O) groups excluding carboxylic acids is 1. The number of nitrogens with zero attached hydrogens (tertiary/aromatic N) is 2. The third kappa shape index (κ3) is 5.98. The lowest BCUT2D eigenvalue weighted by Crippen LogP contribution is -2.01. The fraction of sp³-hybridized carbons (Fsp3) is 0. The number of ether oxygens (including phenoxy) is 1. The molecule has 0 spiro atoms. The zero-order chi connectivity index (χ0) is 35.7. The molecule has 2 aliphatic heterocycles. The summed E-state index contributed by atoms with van der Waals surface area (Å²) in [6.45, 7) is 3.71. The Morgan fingerprint density at radius 2 is 1.09 bits per heavy atom. The van der Waals surface area contributed by atoms with Crippen molar-refractivity contribution < 1.29 is 9.53 Å². The van der Waals surface area contributed by atoms with Crippen LogP contribution in [-0.4, -0.2) is 25.9 Å². The lowest BCUT2D eigenvalue weighted by molar-refractivity contribution is -0.131. The van der Waals surface area contributed by atoms with Crippen LogP contribution in [0.15, 0.2) is 164 Å². The highest BCUT2D eigenvalue weighted by atomic mass is 16.5. The lowest BCUT2D eigenvalue weighted by atomic mass is 9.91. The zero-order valence-electron chi connectivity index (χ0n) is 28.6. The molecule has 6 nitrogen and oxygen atoms in total. The number of fused-ring (bicyclic) bond motifs is 8. The number of nitrogens with one attached hydrogen (secondary N) is 2. The van der Waals surface area contributed by atoms with Crippen LogP contribution in [-0.2, 0) is 9.53 Å². The Morgan fingerprint density at radius 3 is 1.70 bits per heavy atom. The second kappa shape index (κ2) is 13.4. The SMILES string of the molecule is C=CC(=O)OC1=C(c2ccccc2)c2nc1cc1ccc(cc3nc(cc4[nH]c(c2-c2ccccc2)c(-c2ccccc2)c4-c2ccccc2)C=C3)[nH]1. The lowest BCUT2D eigenvalue weighted by Gasteiger charge is -2.13. The van der Waals surface area contributed by atoms with Gasteiger partial charge in [0.1, 0.15) is 5.69 Å². The van der Waals surface area contributed by atoms with Crippen LogP contribution in [0.2, 0.25) is 0 Å². The third-order valence-electron chi connectivity index (χ3n) is 9.37. The van der Waals surface area contributed by atoms with Gasteiger partial charge in [-0.1, -0.05) is 128 Å². The fourth-order valence-electron chi connectivity index (χ4n) is 7.08. The summed E-state index contributed by atoms with van der Waals surface area (Å²) in [6.07, 6.45) is 5.24. The second-order valence-corrected chi connectivity index (χ2v) is 12.8. The Morgan fingerprint density at radius 1 is 0.566 bits per heavy atom. The predicted octanol–water partition coefficient (Wildman–Crippen LogP) is 11.1. The average molecular weight is 685 g/mol. The molecule has 6 heteroatoms. The summed E-state index contributed by atoms with van der Waals surface area (Å²) in [5.41, 5.74) is 13.7. The first-order chi connectivity index (χ1) is 26.1. The van der Waals surface area contributed by atoms with Crippen LogP contribution in [0, 0.1) is 0 Å². The number of aromatic nitrogens is 4. The van der Waals surface area contributed by atoms with Gasteiger partial charge in [-0.25, -0.2) is 14.8 Å². The third-order valence-corrected chi connectivity index (χ3v) is 9.37. The van der Waals surface area contributed by atoms with Gasteiger partial charge in [-0.3, -0.25) is 0 Å². The zero-order valence-corrected chi connectivity index (χ0v) is 28.6. The van der Waals surface area contributed by atoms with Gasteiger partial charge in [0.15, 0.2) is 5.76 Å². The number of hydrogen-bond acceptors (Lipinski definition) is 4. The summed E-state index contributed by atoms with van der Waals surface area (Å²) < 4.78 is 6.16. The van der Waals surface area contributed by atoms with Gasteiger partial charge in [-0.05, 0) is 64.7 Å². The molecule has 0 amide bonds. The number of rotatable bonds is 6. The number of esters is 1. The molecule has 0 atom stereocenters. The number of hydrogen-bond donors (Lipinski definition) is 2. The number of carbonyl (C=O) groups is 1. The van der Waals surface area contributed by atoms with Gasteiger partial charge in [0.2, 0.25) is 0 Å². The van der Waals surface area contributed by atoms with Crippen LogP contribution in [0.4, 0.5) is 0 Å². The van der Waals surface area contributed by atoms with E-state index >= 15 is 0 Å². The highest BCUT2D eigenvalue weighted by Crippen LogP contribution is 2.47. The average Bonchev–Trinajstić information content (AvgIpc) is 4.00. The van der Waals surface area contributed by atoms with Gasteiger partial charge >= 0.3 is 5.97 Å². The van der Waals surface area contributed by atoms with Crippen LogP contribution in [0.3, 0.4) is 0 Å². The highest BCUT2D eigenvalue weighted by Gasteiger charge is 2.30. The van der Waals surface area contributed by atoms with E-state index in [9.17, 15) is 4.79 Å². The fourth-order valence-corrected chi connectivity index (χ4v) is 7.08. The summed E-state index contributed by atoms with van der Waals surface area (Å²) in [7, 11) is 0. The highest BCUT2D eigenvalue weighted by molar-refractivity contribution is 6.12. The maximum absolute atomic E-state index is 13.1. The molecule has 0 saturated heterocycles. The molecule has 2 aliphatic rings. The first-order valence-electron chi connectivity index (χ1n) is 17.4. The topological polar surface area (TPSA) is 83.7 Å². The summed E-state index contributed by atoms with van der Waals surface area (Å²) in [6, 6.07) is 51.1. The van der Waals surface area contributed by atoms with Crippen molar-refractivity contribution in [3.8, 4) is 33.4 Å². The summed E-state index contributed by atoms with van der Waals surface area (Å²) in [5, 5.41) is 0. The molecule has 2 N–H and O–H groups in total. The second-order valence-electron chi connectivity index (χ2n) is 12.8. The Balaban J connectivity index is 1.56. The van der Waals surface area contributed by atoms with E-state index in [1.807, 2.05) is 97.1 Å². The number of aromatic amines is 2. The van der Waals surface area contributed by atoms with Crippen LogP contribution >= 0.6 is 0 Å². The Kier molecular flexibility index (Phi) is 8.02. The molecule has 0 saturated carbocycles. The van der Waals surface area contributed by atoms with Crippen molar-refractivity contribution in [3.05, 3.63) is 193 Å². The van der Waals surface area contributed by atoms with E-state index in [2.05, 4.69) is 83.3 Å². The van der Waals surface area contributed by atoms with Crippen molar-refractivity contribution in [2.45, 2.75) is 0 Å². The molecule has 0 radical (unpaired) electrons. The van der Waals surface area contributed by atoms with Gasteiger partial charge in [-0.2, -0.15) is 0 Å². The molecule has 7 aromatic rings. The Labute approximate surface area is 306 Å². The monoisotopic (exact) mass is 684 g/mol. The first-order valence-corrected chi connectivity index (χ1v) is 17.4. The van der Waals surface area contributed by atoms with E-state index in [0.717, 1.165) is 72.4 Å². The molecule has 9 rings (SSSR count). The molecule has 3 aromatic heterocycles. The van der Waals surface area contributed by atoms with Crippen molar-refractivity contribution in [2.24, 2.45) is 0 Å². The van der Waals surface area contributed by atoms with E-state index in [0.29, 0.717) is 22.7 Å². The maximum atomic E-state index is 13.1. The van der Waals surface area contributed by atoms with Crippen LogP contribution in [0.5, 0.6) is 0 Å². The van der Waals surface area contributed by atoms with Gasteiger partial charge < -0.3 is 14.7 Å². The van der Waals surface area contributed by atoms with Gasteiger partial charge in [-0.15, -0.1) is 0 Å². The molecule has 4 aromatic carbocycles. The van der Waals surface area contributed by atoms with Gasteiger partial charge in [0.05, 0.1) is 28.2 Å². The van der Waals surface area contributed by atoms with E-state index in [1.165, 1.54) is 6.08 Å². The molecule has 8 bridgehead atoms. The van der Waals surface area contributed by atoms with Gasteiger partial charge in [0, 0.05) is 39.3 Å².